The fourth-order valence-electron chi connectivity index (χ4n) is 2.85. The molecule has 8 nitrogen and oxygen atoms in total. The third-order valence-electron chi connectivity index (χ3n) is 4.42. The molecule has 0 spiro atoms. The Balaban J connectivity index is 1.43. The van der Waals surface area contributed by atoms with E-state index in [2.05, 4.69) is 20.7 Å². The first-order valence-corrected chi connectivity index (χ1v) is 9.50. The molecule has 0 unspecified atom stereocenters. The first-order valence-electron chi connectivity index (χ1n) is 9.50. The minimum Gasteiger partial charge on any atom is -0.493 e. The number of furan rings is 1. The number of methoxy groups -OCH3 is 1. The van der Waals surface area contributed by atoms with Crippen LogP contribution < -0.4 is 14.9 Å². The summed E-state index contributed by atoms with van der Waals surface area (Å²) in [6.45, 7) is 0.432. The van der Waals surface area contributed by atoms with Gasteiger partial charge in [-0.2, -0.15) is 10.2 Å². The van der Waals surface area contributed by atoms with Crippen LogP contribution in [0.25, 0.3) is 11.3 Å². The average Bonchev–Trinajstić information content (AvgIpc) is 3.51. The second-order valence-corrected chi connectivity index (χ2v) is 6.52. The lowest BCUT2D eigenvalue weighted by Crippen LogP contribution is -2.17. The van der Waals surface area contributed by atoms with Gasteiger partial charge in [0.1, 0.15) is 18.1 Å². The highest BCUT2D eigenvalue weighted by molar-refractivity contribution is 5.94. The normalized spacial score (nSPS) is 10.9. The van der Waals surface area contributed by atoms with Gasteiger partial charge in [0.25, 0.3) is 5.91 Å². The van der Waals surface area contributed by atoms with Crippen molar-refractivity contribution < 1.29 is 18.7 Å². The van der Waals surface area contributed by atoms with Crippen LogP contribution in [0.3, 0.4) is 0 Å². The monoisotopic (exact) mass is 416 g/mol. The van der Waals surface area contributed by atoms with Gasteiger partial charge in [0.15, 0.2) is 11.5 Å². The van der Waals surface area contributed by atoms with Crippen LogP contribution in [0.5, 0.6) is 11.5 Å². The summed E-state index contributed by atoms with van der Waals surface area (Å²) < 4.78 is 16.5. The number of nitrogens with one attached hydrogen (secondary N) is 2. The van der Waals surface area contributed by atoms with Crippen LogP contribution in [0.15, 0.2) is 82.5 Å². The first kappa shape index (κ1) is 20.0. The molecular formula is C23H20N4O4. The minimum absolute atomic E-state index is 0.273. The summed E-state index contributed by atoms with van der Waals surface area (Å²) in [5.74, 6) is 1.31. The first-order chi connectivity index (χ1) is 15.2. The molecule has 8 heteroatoms. The summed E-state index contributed by atoms with van der Waals surface area (Å²) in [5.41, 5.74) is 5.12. The van der Waals surface area contributed by atoms with E-state index < -0.39 is 5.91 Å². The van der Waals surface area contributed by atoms with Crippen molar-refractivity contribution in [3.63, 3.8) is 0 Å². The quantitative estimate of drug-likeness (QED) is 0.334. The van der Waals surface area contributed by atoms with E-state index in [0.29, 0.717) is 29.6 Å². The van der Waals surface area contributed by atoms with E-state index in [1.807, 2.05) is 48.5 Å². The fourth-order valence-corrected chi connectivity index (χ4v) is 2.85. The Labute approximate surface area is 178 Å². The molecule has 0 bridgehead atoms. The zero-order chi connectivity index (χ0) is 21.5. The summed E-state index contributed by atoms with van der Waals surface area (Å²) in [6, 6.07) is 20.5. The second kappa shape index (κ2) is 9.45. The van der Waals surface area contributed by atoms with Gasteiger partial charge in [-0.3, -0.25) is 9.89 Å². The third kappa shape index (κ3) is 4.99. The van der Waals surface area contributed by atoms with Crippen molar-refractivity contribution in [3.8, 4) is 22.8 Å². The molecule has 0 fully saturated rings. The number of hydrogen-bond acceptors (Lipinski definition) is 6. The lowest BCUT2D eigenvalue weighted by Gasteiger charge is -2.11. The molecular weight excluding hydrogens is 396 g/mol. The Hall–Kier alpha value is -4.33. The third-order valence-corrected chi connectivity index (χ3v) is 4.42. The second-order valence-electron chi connectivity index (χ2n) is 6.52. The molecule has 2 N–H and O–H groups in total. The number of rotatable bonds is 8. The van der Waals surface area contributed by atoms with Crippen LogP contribution in [0.4, 0.5) is 0 Å². The van der Waals surface area contributed by atoms with Gasteiger partial charge in [0.05, 0.1) is 25.3 Å². The Morgan fingerprint density at radius 1 is 1.13 bits per heavy atom. The van der Waals surface area contributed by atoms with Crippen molar-refractivity contribution in [1.29, 1.82) is 0 Å². The van der Waals surface area contributed by atoms with Gasteiger partial charge >= 0.3 is 0 Å². The summed E-state index contributed by atoms with van der Waals surface area (Å²) in [7, 11) is 1.58. The van der Waals surface area contributed by atoms with E-state index in [9.17, 15) is 4.79 Å². The lowest BCUT2D eigenvalue weighted by atomic mass is 10.1. The van der Waals surface area contributed by atoms with E-state index in [1.54, 1.807) is 25.3 Å². The van der Waals surface area contributed by atoms with E-state index >= 15 is 0 Å². The number of hydrogen-bond donors (Lipinski definition) is 2. The molecule has 31 heavy (non-hydrogen) atoms. The highest BCUT2D eigenvalue weighted by Gasteiger charge is 2.13. The van der Waals surface area contributed by atoms with Gasteiger partial charge in [0.2, 0.25) is 0 Å². The van der Waals surface area contributed by atoms with Gasteiger partial charge in [-0.25, -0.2) is 5.43 Å². The molecule has 2 heterocycles. The van der Waals surface area contributed by atoms with Gasteiger partial charge < -0.3 is 13.9 Å². The van der Waals surface area contributed by atoms with Crippen molar-refractivity contribution in [1.82, 2.24) is 15.6 Å². The van der Waals surface area contributed by atoms with Crippen LogP contribution in [-0.4, -0.2) is 29.4 Å². The molecule has 4 rings (SSSR count). The molecule has 0 saturated heterocycles. The SMILES string of the molecule is COc1cc(-c2cc(C(=O)NN=Cc3ccco3)[nH]n2)ccc1OCc1ccccc1. The Kier molecular flexibility index (Phi) is 6.08. The predicted molar refractivity (Wildman–Crippen MR) is 115 cm³/mol. The van der Waals surface area contributed by atoms with Crippen LogP contribution in [0.1, 0.15) is 21.8 Å². The van der Waals surface area contributed by atoms with Crippen LogP contribution in [0, 0.1) is 0 Å². The molecule has 0 aliphatic heterocycles. The van der Waals surface area contributed by atoms with Crippen LogP contribution in [-0.2, 0) is 6.61 Å². The molecule has 0 aliphatic rings. The summed E-state index contributed by atoms with van der Waals surface area (Å²) in [5, 5.41) is 10.8. The number of hydrazone groups is 1. The van der Waals surface area contributed by atoms with E-state index in [1.165, 1.54) is 12.5 Å². The molecule has 4 aromatic rings. The lowest BCUT2D eigenvalue weighted by molar-refractivity contribution is 0.0950. The molecule has 2 aromatic carbocycles. The van der Waals surface area contributed by atoms with Crippen molar-refractivity contribution in [3.05, 3.63) is 90.0 Å². The molecule has 0 saturated carbocycles. The molecule has 1 amide bonds. The number of H-pyrrole nitrogens is 1. The molecule has 0 aliphatic carbocycles. The maximum atomic E-state index is 12.2. The topological polar surface area (TPSA) is 102 Å². The van der Waals surface area contributed by atoms with Gasteiger partial charge in [0, 0.05) is 5.56 Å². The van der Waals surface area contributed by atoms with Crippen molar-refractivity contribution in [2.24, 2.45) is 5.10 Å². The van der Waals surface area contributed by atoms with E-state index in [4.69, 9.17) is 13.9 Å². The van der Waals surface area contributed by atoms with Gasteiger partial charge in [-0.1, -0.05) is 30.3 Å². The Bertz CT molecular complexity index is 1170. The number of benzene rings is 2. The number of aromatic nitrogens is 2. The molecule has 156 valence electrons. The van der Waals surface area contributed by atoms with Crippen molar-refractivity contribution >= 4 is 12.1 Å². The Morgan fingerprint density at radius 3 is 2.77 bits per heavy atom. The zero-order valence-electron chi connectivity index (χ0n) is 16.7. The number of aromatic amines is 1. The number of carbonyl (C=O) groups is 1. The maximum absolute atomic E-state index is 12.2. The fraction of sp³-hybridized carbons (Fsp3) is 0.0870. The Morgan fingerprint density at radius 2 is 2.00 bits per heavy atom. The highest BCUT2D eigenvalue weighted by Crippen LogP contribution is 2.32. The number of carbonyl (C=O) groups excluding carboxylic acids is 1. The largest absolute Gasteiger partial charge is 0.493 e. The number of amides is 1. The maximum Gasteiger partial charge on any atom is 0.289 e. The minimum atomic E-state index is -0.420. The predicted octanol–water partition coefficient (Wildman–Crippen LogP) is 4.02. The molecule has 0 atom stereocenters. The van der Waals surface area contributed by atoms with Crippen molar-refractivity contribution in [2.75, 3.05) is 7.11 Å². The van der Waals surface area contributed by atoms with Crippen LogP contribution >= 0.6 is 0 Å². The van der Waals surface area contributed by atoms with E-state index in [-0.39, 0.29) is 5.69 Å². The van der Waals surface area contributed by atoms with Gasteiger partial charge in [-0.05, 0) is 42.0 Å². The number of nitrogens with zero attached hydrogens (tertiary/aromatic N) is 2. The van der Waals surface area contributed by atoms with Crippen LogP contribution in [0.2, 0.25) is 0 Å². The smallest absolute Gasteiger partial charge is 0.289 e. The molecule has 2 aromatic heterocycles. The number of ether oxygens (including phenoxy) is 2. The summed E-state index contributed by atoms with van der Waals surface area (Å²) in [4.78, 5) is 12.2. The summed E-state index contributed by atoms with van der Waals surface area (Å²) >= 11 is 0. The highest BCUT2D eigenvalue weighted by atomic mass is 16.5. The van der Waals surface area contributed by atoms with Gasteiger partial charge in [-0.15, -0.1) is 0 Å². The van der Waals surface area contributed by atoms with E-state index in [0.717, 1.165) is 11.1 Å². The zero-order valence-corrected chi connectivity index (χ0v) is 16.7. The molecule has 0 radical (unpaired) electrons. The average molecular weight is 416 g/mol. The standard InChI is InChI=1S/C23H20N4O4/c1-29-22-12-17(9-10-21(22)31-15-16-6-3-2-4-7-16)19-13-20(26-25-19)23(28)27-24-14-18-8-5-11-30-18/h2-14H,15H2,1H3,(H,25,26)(H,27,28). The summed E-state index contributed by atoms with van der Waals surface area (Å²) in [6.07, 6.45) is 2.94. The van der Waals surface area contributed by atoms with Crippen molar-refractivity contribution in [2.45, 2.75) is 6.61 Å².